The van der Waals surface area contributed by atoms with Crippen LogP contribution in [0.2, 0.25) is 0 Å². The lowest BCUT2D eigenvalue weighted by molar-refractivity contribution is -0.274. The summed E-state index contributed by atoms with van der Waals surface area (Å²) in [4.78, 5) is 27.0. The Balaban J connectivity index is 2.01. The van der Waals surface area contributed by atoms with Crippen LogP contribution >= 0.6 is 11.3 Å². The standard InChI is InChI=1S/C19H21F3N2O3S/c1-12(2)16(23-17(25)15-5-4-10-28-15)18(26)24(3)11-13-6-8-14(9-7-13)27-19(20,21)22/h4-10,12,16H,11H2,1-3H3,(H,23,25). The molecule has 0 fully saturated rings. The van der Waals surface area contributed by atoms with Crippen LogP contribution in [0.3, 0.4) is 0 Å². The molecule has 1 aromatic carbocycles. The maximum Gasteiger partial charge on any atom is 0.573 e. The molecule has 5 nitrogen and oxygen atoms in total. The highest BCUT2D eigenvalue weighted by Gasteiger charge is 2.31. The molecule has 1 atom stereocenters. The number of nitrogens with zero attached hydrogens (tertiary/aromatic N) is 1. The van der Waals surface area contributed by atoms with Crippen molar-refractivity contribution < 1.29 is 27.5 Å². The fourth-order valence-corrected chi connectivity index (χ4v) is 3.15. The van der Waals surface area contributed by atoms with Crippen molar-refractivity contribution in [2.24, 2.45) is 5.92 Å². The van der Waals surface area contributed by atoms with Crippen molar-refractivity contribution in [2.45, 2.75) is 32.8 Å². The van der Waals surface area contributed by atoms with E-state index in [1.165, 1.54) is 40.5 Å². The third-order valence-corrected chi connectivity index (χ3v) is 4.79. The number of ether oxygens (including phenoxy) is 1. The van der Waals surface area contributed by atoms with Crippen LogP contribution in [0.25, 0.3) is 0 Å². The summed E-state index contributed by atoms with van der Waals surface area (Å²) in [5.41, 5.74) is 0.637. The average Bonchev–Trinajstić information content (AvgIpc) is 3.13. The lowest BCUT2D eigenvalue weighted by Crippen LogP contribution is -2.49. The van der Waals surface area contributed by atoms with E-state index in [1.807, 2.05) is 13.8 Å². The van der Waals surface area contributed by atoms with Gasteiger partial charge in [-0.05, 0) is 35.1 Å². The number of benzene rings is 1. The van der Waals surface area contributed by atoms with E-state index in [4.69, 9.17) is 0 Å². The van der Waals surface area contributed by atoms with Crippen molar-refractivity contribution in [3.05, 3.63) is 52.2 Å². The summed E-state index contributed by atoms with van der Waals surface area (Å²) in [6.07, 6.45) is -4.75. The number of amides is 2. The van der Waals surface area contributed by atoms with E-state index in [9.17, 15) is 22.8 Å². The minimum Gasteiger partial charge on any atom is -0.406 e. The van der Waals surface area contributed by atoms with Gasteiger partial charge in [0.2, 0.25) is 5.91 Å². The minimum absolute atomic E-state index is 0.138. The molecule has 28 heavy (non-hydrogen) atoms. The van der Waals surface area contributed by atoms with Crippen LogP contribution in [0.5, 0.6) is 5.75 Å². The highest BCUT2D eigenvalue weighted by Crippen LogP contribution is 2.23. The van der Waals surface area contributed by atoms with Crippen molar-refractivity contribution >= 4 is 23.2 Å². The number of carbonyl (C=O) groups excluding carboxylic acids is 2. The quantitative estimate of drug-likeness (QED) is 0.743. The monoisotopic (exact) mass is 414 g/mol. The Bertz CT molecular complexity index is 790. The molecular formula is C19H21F3N2O3S. The van der Waals surface area contributed by atoms with Gasteiger partial charge in [-0.2, -0.15) is 0 Å². The summed E-state index contributed by atoms with van der Waals surface area (Å²) in [6.45, 7) is 3.84. The van der Waals surface area contributed by atoms with E-state index in [-0.39, 0.29) is 30.0 Å². The molecule has 0 aliphatic carbocycles. The van der Waals surface area contributed by atoms with Crippen LogP contribution in [0.1, 0.15) is 29.1 Å². The second-order valence-corrected chi connectivity index (χ2v) is 7.51. The zero-order valence-corrected chi connectivity index (χ0v) is 16.4. The third-order valence-electron chi connectivity index (χ3n) is 3.92. The Hall–Kier alpha value is -2.55. The molecule has 9 heteroatoms. The number of halogens is 3. The van der Waals surface area contributed by atoms with Crippen molar-refractivity contribution in [1.82, 2.24) is 10.2 Å². The SMILES string of the molecule is CC(C)C(NC(=O)c1cccs1)C(=O)N(C)Cc1ccc(OC(F)(F)F)cc1. The van der Waals surface area contributed by atoms with Crippen LogP contribution in [0.15, 0.2) is 41.8 Å². The third kappa shape index (κ3) is 6.26. The molecular weight excluding hydrogens is 393 g/mol. The molecule has 0 radical (unpaired) electrons. The predicted octanol–water partition coefficient (Wildman–Crippen LogP) is 4.06. The molecule has 2 rings (SSSR count). The lowest BCUT2D eigenvalue weighted by atomic mass is 10.0. The maximum atomic E-state index is 12.8. The number of carbonyl (C=O) groups is 2. The molecule has 152 valence electrons. The van der Waals surface area contributed by atoms with Crippen molar-refractivity contribution in [1.29, 1.82) is 0 Å². The fourth-order valence-electron chi connectivity index (χ4n) is 2.52. The number of hydrogen-bond acceptors (Lipinski definition) is 4. The second kappa shape index (κ2) is 9.09. The fraction of sp³-hybridized carbons (Fsp3) is 0.368. The Morgan fingerprint density at radius 3 is 2.32 bits per heavy atom. The first-order valence-corrected chi connectivity index (χ1v) is 9.39. The summed E-state index contributed by atoms with van der Waals surface area (Å²) in [5, 5.41) is 4.53. The molecule has 0 bridgehead atoms. The lowest BCUT2D eigenvalue weighted by Gasteiger charge is -2.27. The van der Waals surface area contributed by atoms with E-state index in [0.717, 1.165) is 0 Å². The van der Waals surface area contributed by atoms with Crippen molar-refractivity contribution in [3.8, 4) is 5.75 Å². The smallest absolute Gasteiger partial charge is 0.406 e. The van der Waals surface area contributed by atoms with Crippen LogP contribution in [-0.2, 0) is 11.3 Å². The number of hydrogen-bond donors (Lipinski definition) is 1. The van der Waals surface area contributed by atoms with Gasteiger partial charge in [0.05, 0.1) is 4.88 Å². The van der Waals surface area contributed by atoms with Crippen LogP contribution < -0.4 is 10.1 Å². The summed E-state index contributed by atoms with van der Waals surface area (Å²) < 4.78 is 40.5. The molecule has 1 heterocycles. The zero-order chi connectivity index (χ0) is 20.9. The number of nitrogens with one attached hydrogen (secondary N) is 1. The van der Waals surface area contributed by atoms with Gasteiger partial charge in [-0.25, -0.2) is 0 Å². The Morgan fingerprint density at radius 1 is 1.18 bits per heavy atom. The van der Waals surface area contributed by atoms with Crippen LogP contribution in [-0.4, -0.2) is 36.2 Å². The van der Waals surface area contributed by atoms with Crippen LogP contribution in [0, 0.1) is 5.92 Å². The van der Waals surface area contributed by atoms with Gasteiger partial charge < -0.3 is 15.0 Å². The number of alkyl halides is 3. The molecule has 0 aliphatic heterocycles. The maximum absolute atomic E-state index is 12.8. The van der Waals surface area contributed by atoms with Gasteiger partial charge in [0.25, 0.3) is 5.91 Å². The van der Waals surface area contributed by atoms with Gasteiger partial charge >= 0.3 is 6.36 Å². The highest BCUT2D eigenvalue weighted by molar-refractivity contribution is 7.12. The number of likely N-dealkylation sites (N-methyl/N-ethyl adjacent to an activating group) is 1. The Labute approximate surface area is 165 Å². The van der Waals surface area contributed by atoms with Gasteiger partial charge in [0, 0.05) is 13.6 Å². The zero-order valence-electron chi connectivity index (χ0n) is 15.6. The second-order valence-electron chi connectivity index (χ2n) is 6.56. The van der Waals surface area contributed by atoms with Crippen molar-refractivity contribution in [2.75, 3.05) is 7.05 Å². The molecule has 1 aromatic heterocycles. The van der Waals surface area contributed by atoms with Gasteiger partial charge in [0.1, 0.15) is 11.8 Å². The summed E-state index contributed by atoms with van der Waals surface area (Å²) >= 11 is 1.28. The Kier molecular flexibility index (Phi) is 7.06. The first-order valence-electron chi connectivity index (χ1n) is 8.51. The van der Waals surface area contributed by atoms with E-state index in [1.54, 1.807) is 24.6 Å². The van der Waals surface area contributed by atoms with E-state index in [0.29, 0.717) is 10.4 Å². The predicted molar refractivity (Wildman–Crippen MR) is 100 cm³/mol. The summed E-state index contributed by atoms with van der Waals surface area (Å²) in [6, 6.07) is 8.02. The molecule has 2 amide bonds. The van der Waals surface area contributed by atoms with E-state index in [2.05, 4.69) is 10.1 Å². The van der Waals surface area contributed by atoms with Gasteiger partial charge in [0.15, 0.2) is 0 Å². The minimum atomic E-state index is -4.75. The molecule has 1 N–H and O–H groups in total. The van der Waals surface area contributed by atoms with Gasteiger partial charge in [-0.1, -0.05) is 32.0 Å². The topological polar surface area (TPSA) is 58.6 Å². The Morgan fingerprint density at radius 2 is 1.82 bits per heavy atom. The highest BCUT2D eigenvalue weighted by atomic mass is 32.1. The first kappa shape index (κ1) is 21.7. The molecule has 0 saturated heterocycles. The molecule has 1 unspecified atom stereocenters. The van der Waals surface area contributed by atoms with Gasteiger partial charge in [-0.3, -0.25) is 9.59 Å². The number of rotatable bonds is 7. The molecule has 0 spiro atoms. The molecule has 0 aliphatic rings. The first-order chi connectivity index (χ1) is 13.1. The summed E-state index contributed by atoms with van der Waals surface area (Å²) in [5.74, 6) is -1.06. The molecule has 2 aromatic rings. The molecule has 0 saturated carbocycles. The van der Waals surface area contributed by atoms with Crippen molar-refractivity contribution in [3.63, 3.8) is 0 Å². The summed E-state index contributed by atoms with van der Waals surface area (Å²) in [7, 11) is 1.58. The average molecular weight is 414 g/mol. The number of thiophene rings is 1. The largest absolute Gasteiger partial charge is 0.573 e. The van der Waals surface area contributed by atoms with E-state index < -0.39 is 12.4 Å². The van der Waals surface area contributed by atoms with E-state index >= 15 is 0 Å². The normalized spacial score (nSPS) is 12.5. The van der Waals surface area contributed by atoms with Gasteiger partial charge in [-0.15, -0.1) is 24.5 Å². The van der Waals surface area contributed by atoms with Crippen LogP contribution in [0.4, 0.5) is 13.2 Å².